The van der Waals surface area contributed by atoms with Gasteiger partial charge in [-0.05, 0) is 72.7 Å². The quantitative estimate of drug-likeness (QED) is 0.206. The predicted molar refractivity (Wildman–Crippen MR) is 134 cm³/mol. The highest BCUT2D eigenvalue weighted by molar-refractivity contribution is 5.76. The van der Waals surface area contributed by atoms with Crippen molar-refractivity contribution in [3.63, 3.8) is 0 Å². The average Bonchev–Trinajstić information content (AvgIpc) is 3.21. The number of benzene rings is 2. The molecule has 0 radical (unpaired) electrons. The standard InChI is InChI=1S/C28H29F4NO5/c1-4-17(2)21(13-19-5-7-20(8-6-19)15-33-26(35)16-34)9-11-23(36-27(29)30)18(3)22-10-12-24-25(14-22)38-28(31,32)37-24/h5-12,14,27,34H,4,13,15-16H2,1-3H3,(H,33,35)/b11-9-,21-17-,23-18-. The second kappa shape index (κ2) is 12.6. The summed E-state index contributed by atoms with van der Waals surface area (Å²) < 4.78 is 66.9. The van der Waals surface area contributed by atoms with Gasteiger partial charge in [0.2, 0.25) is 5.91 Å². The Morgan fingerprint density at radius 1 is 1.05 bits per heavy atom. The first-order valence-electron chi connectivity index (χ1n) is 11.9. The van der Waals surface area contributed by atoms with Gasteiger partial charge in [0.25, 0.3) is 0 Å². The van der Waals surface area contributed by atoms with E-state index in [1.54, 1.807) is 13.0 Å². The number of carbonyl (C=O) groups is 1. The van der Waals surface area contributed by atoms with E-state index in [0.717, 1.165) is 28.7 Å². The normalized spacial score (nSPS) is 15.4. The van der Waals surface area contributed by atoms with E-state index >= 15 is 0 Å². The number of alkyl halides is 4. The van der Waals surface area contributed by atoms with Crippen LogP contribution in [0.3, 0.4) is 0 Å². The predicted octanol–water partition coefficient (Wildman–Crippen LogP) is 6.11. The smallest absolute Gasteiger partial charge is 0.435 e. The molecule has 0 bridgehead atoms. The zero-order chi connectivity index (χ0) is 27.9. The Kier molecular flexibility index (Phi) is 9.57. The Morgan fingerprint density at radius 2 is 1.71 bits per heavy atom. The Bertz CT molecular complexity index is 1240. The summed E-state index contributed by atoms with van der Waals surface area (Å²) in [5.41, 5.74) is 4.40. The van der Waals surface area contributed by atoms with Crippen LogP contribution in [-0.4, -0.2) is 30.5 Å². The van der Waals surface area contributed by atoms with Crippen molar-refractivity contribution in [1.82, 2.24) is 5.32 Å². The van der Waals surface area contributed by atoms with Crippen molar-refractivity contribution in [3.8, 4) is 11.5 Å². The number of aliphatic hydroxyl groups is 1. The number of nitrogens with one attached hydrogen (secondary N) is 1. The van der Waals surface area contributed by atoms with E-state index in [0.29, 0.717) is 17.6 Å². The lowest BCUT2D eigenvalue weighted by molar-refractivity contribution is -0.286. The summed E-state index contributed by atoms with van der Waals surface area (Å²) in [5.74, 6) is -0.938. The fraction of sp³-hybridized carbons (Fsp3) is 0.321. The minimum absolute atomic E-state index is 0.123. The molecule has 38 heavy (non-hydrogen) atoms. The largest absolute Gasteiger partial charge is 0.586 e. The number of carbonyl (C=O) groups excluding carboxylic acids is 1. The molecule has 2 aromatic carbocycles. The van der Waals surface area contributed by atoms with E-state index in [1.807, 2.05) is 38.1 Å². The van der Waals surface area contributed by atoms with Crippen molar-refractivity contribution in [1.29, 1.82) is 0 Å². The van der Waals surface area contributed by atoms with Gasteiger partial charge < -0.3 is 24.6 Å². The van der Waals surface area contributed by atoms with E-state index in [-0.39, 0.29) is 23.8 Å². The molecule has 1 aliphatic heterocycles. The number of fused-ring (bicyclic) bond motifs is 1. The summed E-state index contributed by atoms with van der Waals surface area (Å²) in [6, 6.07) is 11.5. The first kappa shape index (κ1) is 28.8. The van der Waals surface area contributed by atoms with E-state index in [2.05, 4.69) is 14.8 Å². The number of ether oxygens (including phenoxy) is 3. The molecule has 10 heteroatoms. The third-order valence-electron chi connectivity index (χ3n) is 5.99. The maximum Gasteiger partial charge on any atom is 0.586 e. The molecule has 2 aromatic rings. The van der Waals surface area contributed by atoms with Crippen molar-refractivity contribution >= 4 is 11.5 Å². The molecule has 204 valence electrons. The van der Waals surface area contributed by atoms with Gasteiger partial charge in [-0.1, -0.05) is 48.9 Å². The molecule has 0 aliphatic carbocycles. The molecule has 3 rings (SSSR count). The lowest BCUT2D eigenvalue weighted by Crippen LogP contribution is -2.25. The minimum atomic E-state index is -3.79. The topological polar surface area (TPSA) is 77.0 Å². The molecule has 0 saturated carbocycles. The number of aliphatic hydroxyl groups excluding tert-OH is 1. The van der Waals surface area contributed by atoms with Crippen LogP contribution in [-0.2, 0) is 22.5 Å². The van der Waals surface area contributed by atoms with Gasteiger partial charge in [0.05, 0.1) is 0 Å². The molecule has 2 N–H and O–H groups in total. The van der Waals surface area contributed by atoms with Crippen molar-refractivity contribution in [3.05, 3.63) is 88.2 Å². The average molecular weight is 536 g/mol. The van der Waals surface area contributed by atoms with Gasteiger partial charge in [-0.15, -0.1) is 8.78 Å². The SMILES string of the molecule is CC/C(C)=C(/C=C\C(OC(F)F)=C(/C)c1ccc2c(c1)OC(F)(F)O2)Cc1ccc(CNC(=O)CO)cc1. The highest BCUT2D eigenvalue weighted by Gasteiger charge is 2.43. The highest BCUT2D eigenvalue weighted by atomic mass is 19.3. The van der Waals surface area contributed by atoms with Crippen molar-refractivity contribution in [2.45, 2.75) is 53.1 Å². The van der Waals surface area contributed by atoms with Crippen molar-refractivity contribution in [2.24, 2.45) is 0 Å². The lowest BCUT2D eigenvalue weighted by atomic mass is 9.97. The maximum absolute atomic E-state index is 13.4. The summed E-state index contributed by atoms with van der Waals surface area (Å²) in [4.78, 5) is 11.2. The van der Waals surface area contributed by atoms with Crippen LogP contribution in [0.1, 0.15) is 43.9 Å². The van der Waals surface area contributed by atoms with Crippen LogP contribution in [0.5, 0.6) is 11.5 Å². The Morgan fingerprint density at radius 3 is 2.34 bits per heavy atom. The van der Waals surface area contributed by atoms with E-state index in [4.69, 9.17) is 9.84 Å². The van der Waals surface area contributed by atoms with Crippen molar-refractivity contribution < 1.29 is 41.7 Å². The summed E-state index contributed by atoms with van der Waals surface area (Å²) in [6.45, 7) is 2.08. The number of halogens is 4. The summed E-state index contributed by atoms with van der Waals surface area (Å²) in [5, 5.41) is 11.4. The van der Waals surface area contributed by atoms with Gasteiger partial charge >= 0.3 is 12.9 Å². The van der Waals surface area contributed by atoms with E-state index < -0.39 is 25.4 Å². The molecule has 1 amide bonds. The Balaban J connectivity index is 1.84. The fourth-order valence-corrected chi connectivity index (χ4v) is 3.68. The molecule has 0 fully saturated rings. The summed E-state index contributed by atoms with van der Waals surface area (Å²) in [6.07, 6.45) is 0.600. The number of hydrogen-bond acceptors (Lipinski definition) is 5. The maximum atomic E-state index is 13.4. The van der Waals surface area contributed by atoms with E-state index in [1.165, 1.54) is 24.3 Å². The molecule has 6 nitrogen and oxygen atoms in total. The van der Waals surface area contributed by atoms with Crippen LogP contribution in [0.2, 0.25) is 0 Å². The van der Waals surface area contributed by atoms with Crippen molar-refractivity contribution in [2.75, 3.05) is 6.61 Å². The first-order valence-corrected chi connectivity index (χ1v) is 11.9. The fourth-order valence-electron chi connectivity index (χ4n) is 3.68. The lowest BCUT2D eigenvalue weighted by Gasteiger charge is -2.13. The highest BCUT2D eigenvalue weighted by Crippen LogP contribution is 2.42. The molecule has 0 spiro atoms. The number of amides is 1. The molecule has 0 saturated heterocycles. The Hall–Kier alpha value is -3.79. The van der Waals surface area contributed by atoms with Crippen LogP contribution >= 0.6 is 0 Å². The van der Waals surface area contributed by atoms with Gasteiger partial charge in [-0.2, -0.15) is 8.78 Å². The van der Waals surface area contributed by atoms with Gasteiger partial charge in [-0.3, -0.25) is 4.79 Å². The Labute approximate surface area is 218 Å². The van der Waals surface area contributed by atoms with Crippen LogP contribution in [0.25, 0.3) is 5.57 Å². The van der Waals surface area contributed by atoms with Gasteiger partial charge in [0.15, 0.2) is 11.5 Å². The number of allylic oxidation sites excluding steroid dienone is 5. The monoisotopic (exact) mass is 535 g/mol. The molecular formula is C28H29F4NO5. The molecule has 0 unspecified atom stereocenters. The van der Waals surface area contributed by atoms with Crippen LogP contribution in [0.15, 0.2) is 71.5 Å². The molecule has 1 heterocycles. The summed E-state index contributed by atoms with van der Waals surface area (Å²) >= 11 is 0. The van der Waals surface area contributed by atoms with Crippen LogP contribution in [0, 0.1) is 0 Å². The van der Waals surface area contributed by atoms with Gasteiger partial charge in [0, 0.05) is 6.54 Å². The minimum Gasteiger partial charge on any atom is -0.435 e. The third kappa shape index (κ3) is 7.85. The second-order valence-electron chi connectivity index (χ2n) is 8.62. The molecule has 0 aromatic heterocycles. The summed E-state index contributed by atoms with van der Waals surface area (Å²) in [7, 11) is 0. The number of rotatable bonds is 11. The first-order chi connectivity index (χ1) is 18.0. The van der Waals surface area contributed by atoms with Crippen LogP contribution < -0.4 is 14.8 Å². The van der Waals surface area contributed by atoms with Gasteiger partial charge in [-0.25, -0.2) is 0 Å². The zero-order valence-corrected chi connectivity index (χ0v) is 21.2. The van der Waals surface area contributed by atoms with Crippen LogP contribution in [0.4, 0.5) is 17.6 Å². The zero-order valence-electron chi connectivity index (χ0n) is 21.2. The molecule has 1 aliphatic rings. The van der Waals surface area contributed by atoms with E-state index in [9.17, 15) is 22.4 Å². The second-order valence-corrected chi connectivity index (χ2v) is 8.62. The third-order valence-corrected chi connectivity index (χ3v) is 5.99. The molecular weight excluding hydrogens is 506 g/mol. The number of hydrogen-bond donors (Lipinski definition) is 2. The van der Waals surface area contributed by atoms with Gasteiger partial charge in [0.1, 0.15) is 12.4 Å². The molecule has 0 atom stereocenters.